The molecule has 1 heterocycles. The Kier molecular flexibility index (Phi) is 1.16. The summed E-state index contributed by atoms with van der Waals surface area (Å²) in [6.07, 6.45) is 3.96. The van der Waals surface area contributed by atoms with Crippen LogP contribution in [0.1, 0.15) is 23.6 Å². The minimum Gasteiger partial charge on any atom is -0.618 e. The van der Waals surface area contributed by atoms with E-state index in [1.807, 2.05) is 0 Å². The van der Waals surface area contributed by atoms with Gasteiger partial charge in [0.1, 0.15) is 0 Å². The monoisotopic (exact) mass is 225 g/mol. The first-order chi connectivity index (χ1) is 5.75. The lowest BCUT2D eigenvalue weighted by Gasteiger charge is -2.04. The maximum absolute atomic E-state index is 11.5. The Balaban J connectivity index is 2.24. The van der Waals surface area contributed by atoms with Crippen molar-refractivity contribution in [2.24, 2.45) is 5.92 Å². The van der Waals surface area contributed by atoms with Gasteiger partial charge in [-0.15, -0.1) is 0 Å². The van der Waals surface area contributed by atoms with Gasteiger partial charge in [0.05, 0.1) is 4.47 Å². The summed E-state index contributed by atoms with van der Waals surface area (Å²) in [4.78, 5) is 0. The molecule has 2 aliphatic rings. The van der Waals surface area contributed by atoms with Crippen LogP contribution in [-0.2, 0) is 6.42 Å². The van der Waals surface area contributed by atoms with E-state index in [9.17, 15) is 5.21 Å². The number of rotatable bonds is 0. The molecule has 1 fully saturated rings. The van der Waals surface area contributed by atoms with Crippen LogP contribution in [0.4, 0.5) is 0 Å². The molecule has 1 saturated carbocycles. The molecule has 0 saturated heterocycles. The Morgan fingerprint density at radius 2 is 2.42 bits per heavy atom. The van der Waals surface area contributed by atoms with Gasteiger partial charge in [0, 0.05) is 11.5 Å². The number of nitrogens with zero attached hydrogens (tertiary/aromatic N) is 1. The molecule has 2 unspecified atom stereocenters. The van der Waals surface area contributed by atoms with Crippen molar-refractivity contribution in [3.63, 3.8) is 0 Å². The standard InChI is InChI=1S/C9H8BrNO/c10-7-2-6-1-5-3-8(5)9(6)11(12)4-7/h2,4-5,8H,1,3H2. The van der Waals surface area contributed by atoms with Crippen molar-refractivity contribution in [2.75, 3.05) is 0 Å². The zero-order chi connectivity index (χ0) is 8.29. The highest BCUT2D eigenvalue weighted by atomic mass is 79.9. The maximum Gasteiger partial charge on any atom is 0.199 e. The predicted molar refractivity (Wildman–Crippen MR) is 47.7 cm³/mol. The molecule has 3 heteroatoms. The third kappa shape index (κ3) is 0.774. The van der Waals surface area contributed by atoms with Crippen molar-refractivity contribution in [1.82, 2.24) is 0 Å². The van der Waals surface area contributed by atoms with Gasteiger partial charge in [0.2, 0.25) is 0 Å². The van der Waals surface area contributed by atoms with Crippen LogP contribution in [0.2, 0.25) is 0 Å². The van der Waals surface area contributed by atoms with Crippen molar-refractivity contribution in [3.05, 3.63) is 33.2 Å². The van der Waals surface area contributed by atoms with Gasteiger partial charge in [-0.2, -0.15) is 4.73 Å². The molecule has 1 aromatic heterocycles. The fraction of sp³-hybridized carbons (Fsp3) is 0.444. The molecule has 1 aromatic rings. The van der Waals surface area contributed by atoms with E-state index in [0.29, 0.717) is 5.92 Å². The lowest BCUT2D eigenvalue weighted by atomic mass is 10.1. The summed E-state index contributed by atoms with van der Waals surface area (Å²) in [7, 11) is 0. The van der Waals surface area contributed by atoms with Crippen LogP contribution >= 0.6 is 15.9 Å². The summed E-state index contributed by atoms with van der Waals surface area (Å²) in [5.74, 6) is 1.38. The van der Waals surface area contributed by atoms with E-state index in [0.717, 1.165) is 27.2 Å². The minimum atomic E-state index is 0.589. The molecule has 2 nitrogen and oxygen atoms in total. The van der Waals surface area contributed by atoms with Crippen LogP contribution in [0.5, 0.6) is 0 Å². The van der Waals surface area contributed by atoms with Crippen molar-refractivity contribution in [2.45, 2.75) is 18.8 Å². The maximum atomic E-state index is 11.5. The van der Waals surface area contributed by atoms with Gasteiger partial charge >= 0.3 is 0 Å². The zero-order valence-electron chi connectivity index (χ0n) is 6.46. The highest BCUT2D eigenvalue weighted by Crippen LogP contribution is 2.54. The van der Waals surface area contributed by atoms with Gasteiger partial charge in [0.15, 0.2) is 11.9 Å². The molecule has 12 heavy (non-hydrogen) atoms. The van der Waals surface area contributed by atoms with Crippen LogP contribution in [0, 0.1) is 11.1 Å². The van der Waals surface area contributed by atoms with E-state index in [2.05, 4.69) is 22.0 Å². The number of pyridine rings is 1. The molecular formula is C9H8BrNO. The van der Waals surface area contributed by atoms with E-state index in [4.69, 9.17) is 0 Å². The van der Waals surface area contributed by atoms with E-state index in [-0.39, 0.29) is 0 Å². The predicted octanol–water partition coefficient (Wildman–Crippen LogP) is 1.74. The summed E-state index contributed by atoms with van der Waals surface area (Å²) >= 11 is 3.33. The van der Waals surface area contributed by atoms with Gasteiger partial charge in [-0.25, -0.2) is 0 Å². The summed E-state index contributed by atoms with van der Waals surface area (Å²) in [6, 6.07) is 2.08. The van der Waals surface area contributed by atoms with Crippen LogP contribution in [-0.4, -0.2) is 0 Å². The fourth-order valence-corrected chi connectivity index (χ4v) is 2.72. The summed E-state index contributed by atoms with van der Waals surface area (Å²) in [5, 5.41) is 11.5. The largest absolute Gasteiger partial charge is 0.618 e. The highest BCUT2D eigenvalue weighted by molar-refractivity contribution is 9.10. The molecule has 62 valence electrons. The summed E-state index contributed by atoms with van der Waals surface area (Å²) in [5.41, 5.74) is 2.28. The molecule has 0 bridgehead atoms. The number of hydrogen-bond donors (Lipinski definition) is 0. The zero-order valence-corrected chi connectivity index (χ0v) is 8.04. The number of aromatic nitrogens is 1. The quantitative estimate of drug-likeness (QED) is 0.489. The lowest BCUT2D eigenvalue weighted by molar-refractivity contribution is -0.614. The van der Waals surface area contributed by atoms with Crippen LogP contribution < -0.4 is 4.73 Å². The second-order valence-electron chi connectivity index (χ2n) is 3.70. The lowest BCUT2D eigenvalue weighted by Crippen LogP contribution is -2.31. The highest BCUT2D eigenvalue weighted by Gasteiger charge is 2.50. The molecular weight excluding hydrogens is 218 g/mol. The van der Waals surface area contributed by atoms with Crippen molar-refractivity contribution in [3.8, 4) is 0 Å². The molecule has 0 aliphatic heterocycles. The van der Waals surface area contributed by atoms with Crippen LogP contribution in [0.15, 0.2) is 16.7 Å². The fourth-order valence-electron chi connectivity index (χ4n) is 2.26. The second-order valence-corrected chi connectivity index (χ2v) is 4.62. The second kappa shape index (κ2) is 2.02. The number of halogens is 1. The Morgan fingerprint density at radius 3 is 3.25 bits per heavy atom. The molecule has 0 spiro atoms. The van der Waals surface area contributed by atoms with Gasteiger partial charge in [-0.3, -0.25) is 0 Å². The normalized spacial score (nSPS) is 29.8. The van der Waals surface area contributed by atoms with E-state index >= 15 is 0 Å². The Morgan fingerprint density at radius 1 is 1.58 bits per heavy atom. The molecule has 3 rings (SSSR count). The average molecular weight is 226 g/mol. The number of hydrogen-bond acceptors (Lipinski definition) is 1. The van der Waals surface area contributed by atoms with Crippen molar-refractivity contribution >= 4 is 15.9 Å². The Labute approximate surface area is 78.9 Å². The molecule has 0 radical (unpaired) electrons. The van der Waals surface area contributed by atoms with Gasteiger partial charge < -0.3 is 5.21 Å². The Bertz CT molecular complexity index is 364. The molecule has 0 amide bonds. The molecule has 0 N–H and O–H groups in total. The van der Waals surface area contributed by atoms with Crippen LogP contribution in [0.3, 0.4) is 0 Å². The van der Waals surface area contributed by atoms with Crippen molar-refractivity contribution < 1.29 is 4.73 Å². The molecule has 0 aromatic carbocycles. The summed E-state index contributed by atoms with van der Waals surface area (Å²) < 4.78 is 1.94. The molecule has 2 aliphatic carbocycles. The Hall–Kier alpha value is -0.570. The average Bonchev–Trinajstić information content (AvgIpc) is 2.60. The third-order valence-electron chi connectivity index (χ3n) is 2.88. The van der Waals surface area contributed by atoms with E-state index < -0.39 is 0 Å². The van der Waals surface area contributed by atoms with Gasteiger partial charge in [0.25, 0.3) is 0 Å². The molecule has 2 atom stereocenters. The summed E-state index contributed by atoms with van der Waals surface area (Å²) in [6.45, 7) is 0. The van der Waals surface area contributed by atoms with Gasteiger partial charge in [-0.1, -0.05) is 0 Å². The minimum absolute atomic E-state index is 0.589. The number of fused-ring (bicyclic) bond motifs is 3. The van der Waals surface area contributed by atoms with Crippen molar-refractivity contribution in [1.29, 1.82) is 0 Å². The first-order valence-corrected chi connectivity index (χ1v) is 4.96. The van der Waals surface area contributed by atoms with E-state index in [1.54, 1.807) is 6.20 Å². The van der Waals surface area contributed by atoms with E-state index in [1.165, 1.54) is 12.0 Å². The first kappa shape index (κ1) is 6.89. The first-order valence-electron chi connectivity index (χ1n) is 4.17. The topological polar surface area (TPSA) is 26.9 Å². The van der Waals surface area contributed by atoms with Gasteiger partial charge in [-0.05, 0) is 40.8 Å². The SMILES string of the molecule is [O-][n+]1cc(Br)cc2c1C1CC1C2. The third-order valence-corrected chi connectivity index (χ3v) is 3.31. The van der Waals surface area contributed by atoms with Crippen LogP contribution in [0.25, 0.3) is 0 Å². The smallest absolute Gasteiger partial charge is 0.199 e.